The van der Waals surface area contributed by atoms with Crippen molar-refractivity contribution < 1.29 is 19.0 Å². The zero-order valence-corrected chi connectivity index (χ0v) is 14.4. The maximum atomic E-state index is 12.5. The van der Waals surface area contributed by atoms with E-state index < -0.39 is 6.29 Å². The van der Waals surface area contributed by atoms with Crippen LogP contribution in [0, 0.1) is 13.8 Å². The van der Waals surface area contributed by atoms with Crippen molar-refractivity contribution in [3.05, 3.63) is 44.9 Å². The van der Waals surface area contributed by atoms with E-state index in [0.29, 0.717) is 25.4 Å². The Morgan fingerprint density at radius 1 is 1.35 bits per heavy atom. The van der Waals surface area contributed by atoms with Gasteiger partial charge in [0.1, 0.15) is 0 Å². The van der Waals surface area contributed by atoms with Crippen LogP contribution in [0.3, 0.4) is 0 Å². The van der Waals surface area contributed by atoms with Crippen molar-refractivity contribution in [2.45, 2.75) is 33.6 Å². The number of carbonyl (C=O) groups excluding carboxylic acids is 1. The quantitative estimate of drug-likeness (QED) is 0.786. The van der Waals surface area contributed by atoms with Crippen LogP contribution in [0.15, 0.2) is 17.5 Å². The van der Waals surface area contributed by atoms with Gasteiger partial charge in [-0.2, -0.15) is 0 Å². The largest absolute Gasteiger partial charge is 0.462 e. The standard InChI is InChI=1S/C17H21NO4S/c1-4-20-16(19)14-11(2)18(10-13-6-5-9-23-13)12(3)15(14)17-21-7-8-22-17/h5-6,9,17H,4,7-8,10H2,1-3H3. The van der Waals surface area contributed by atoms with Crippen LogP contribution in [0.25, 0.3) is 0 Å². The third-order valence-electron chi connectivity index (χ3n) is 4.06. The first-order valence-corrected chi connectivity index (χ1v) is 8.63. The van der Waals surface area contributed by atoms with Crippen molar-refractivity contribution in [3.8, 4) is 0 Å². The van der Waals surface area contributed by atoms with E-state index in [1.165, 1.54) is 4.88 Å². The Balaban J connectivity index is 2.06. The molecule has 0 radical (unpaired) electrons. The van der Waals surface area contributed by atoms with E-state index in [1.54, 1.807) is 11.3 Å². The number of rotatable bonds is 5. The van der Waals surface area contributed by atoms with Crippen LogP contribution in [-0.4, -0.2) is 30.4 Å². The lowest BCUT2D eigenvalue weighted by Crippen LogP contribution is -2.11. The lowest BCUT2D eigenvalue weighted by molar-refractivity contribution is -0.0453. The monoisotopic (exact) mass is 335 g/mol. The highest BCUT2D eigenvalue weighted by molar-refractivity contribution is 7.09. The summed E-state index contributed by atoms with van der Waals surface area (Å²) in [4.78, 5) is 13.7. The minimum absolute atomic E-state index is 0.313. The average molecular weight is 335 g/mol. The van der Waals surface area contributed by atoms with E-state index in [2.05, 4.69) is 16.0 Å². The molecule has 23 heavy (non-hydrogen) atoms. The van der Waals surface area contributed by atoms with E-state index in [9.17, 15) is 4.79 Å². The molecule has 3 rings (SSSR count). The first-order chi connectivity index (χ1) is 11.1. The zero-order valence-electron chi connectivity index (χ0n) is 13.6. The number of aromatic nitrogens is 1. The molecule has 2 aromatic heterocycles. The normalized spacial score (nSPS) is 15.3. The second-order valence-electron chi connectivity index (χ2n) is 5.42. The van der Waals surface area contributed by atoms with Crippen molar-refractivity contribution in [2.75, 3.05) is 19.8 Å². The summed E-state index contributed by atoms with van der Waals surface area (Å²) in [6, 6.07) is 4.13. The summed E-state index contributed by atoms with van der Waals surface area (Å²) >= 11 is 1.70. The van der Waals surface area contributed by atoms with Gasteiger partial charge in [-0.25, -0.2) is 4.79 Å². The maximum Gasteiger partial charge on any atom is 0.340 e. The Labute approximate surface area is 139 Å². The van der Waals surface area contributed by atoms with E-state index in [0.717, 1.165) is 23.5 Å². The third-order valence-corrected chi connectivity index (χ3v) is 4.92. The van der Waals surface area contributed by atoms with Crippen LogP contribution in [0.5, 0.6) is 0 Å². The highest BCUT2D eigenvalue weighted by Gasteiger charge is 2.32. The van der Waals surface area contributed by atoms with E-state index in [1.807, 2.05) is 26.8 Å². The Bertz CT molecular complexity index is 684. The molecule has 1 aliphatic rings. The van der Waals surface area contributed by atoms with Crippen LogP contribution in [-0.2, 0) is 20.8 Å². The molecule has 0 bridgehead atoms. The molecule has 1 saturated heterocycles. The van der Waals surface area contributed by atoms with Crippen molar-refractivity contribution in [2.24, 2.45) is 0 Å². The van der Waals surface area contributed by atoms with Crippen molar-refractivity contribution in [1.29, 1.82) is 0 Å². The van der Waals surface area contributed by atoms with Crippen LogP contribution in [0.2, 0.25) is 0 Å². The Morgan fingerprint density at radius 2 is 2.09 bits per heavy atom. The van der Waals surface area contributed by atoms with E-state index in [-0.39, 0.29) is 5.97 Å². The van der Waals surface area contributed by atoms with Gasteiger partial charge in [-0.3, -0.25) is 0 Å². The molecule has 0 unspecified atom stereocenters. The summed E-state index contributed by atoms with van der Waals surface area (Å²) in [7, 11) is 0. The summed E-state index contributed by atoms with van der Waals surface area (Å²) in [5, 5.41) is 2.06. The van der Waals surface area contributed by atoms with E-state index in [4.69, 9.17) is 14.2 Å². The maximum absolute atomic E-state index is 12.5. The first-order valence-electron chi connectivity index (χ1n) is 7.75. The van der Waals surface area contributed by atoms with Crippen molar-refractivity contribution in [3.63, 3.8) is 0 Å². The number of carbonyl (C=O) groups is 1. The molecular formula is C17H21NO4S. The summed E-state index contributed by atoms with van der Waals surface area (Å²) < 4.78 is 18.7. The van der Waals surface area contributed by atoms with Gasteiger partial charge in [0.05, 0.1) is 31.9 Å². The van der Waals surface area contributed by atoms with Gasteiger partial charge >= 0.3 is 5.97 Å². The molecule has 0 amide bonds. The van der Waals surface area contributed by atoms with Crippen molar-refractivity contribution >= 4 is 17.3 Å². The molecule has 124 valence electrons. The molecule has 0 aromatic carbocycles. The topological polar surface area (TPSA) is 49.7 Å². The van der Waals surface area contributed by atoms with E-state index >= 15 is 0 Å². The number of nitrogens with zero attached hydrogens (tertiary/aromatic N) is 1. The molecule has 5 nitrogen and oxygen atoms in total. The van der Waals surface area contributed by atoms with Gasteiger partial charge in [-0.1, -0.05) is 6.07 Å². The highest BCUT2D eigenvalue weighted by Crippen LogP contribution is 2.34. The lowest BCUT2D eigenvalue weighted by Gasteiger charge is -2.12. The van der Waals surface area contributed by atoms with Crippen LogP contribution in [0.4, 0.5) is 0 Å². The van der Waals surface area contributed by atoms with Gasteiger partial charge in [0.2, 0.25) is 0 Å². The average Bonchev–Trinajstić information content (AvgIpc) is 3.25. The second-order valence-corrected chi connectivity index (χ2v) is 6.45. The molecule has 0 atom stereocenters. The number of thiophene rings is 1. The number of hydrogen-bond donors (Lipinski definition) is 0. The second kappa shape index (κ2) is 6.86. The smallest absolute Gasteiger partial charge is 0.340 e. The number of ether oxygens (including phenoxy) is 3. The van der Waals surface area contributed by atoms with Gasteiger partial charge in [0, 0.05) is 21.8 Å². The number of esters is 1. The van der Waals surface area contributed by atoms with Crippen LogP contribution in [0.1, 0.15) is 45.4 Å². The van der Waals surface area contributed by atoms with Gasteiger partial charge < -0.3 is 18.8 Å². The minimum atomic E-state index is -0.488. The minimum Gasteiger partial charge on any atom is -0.462 e. The molecule has 0 N–H and O–H groups in total. The van der Waals surface area contributed by atoms with Gasteiger partial charge in [-0.05, 0) is 32.2 Å². The fourth-order valence-electron chi connectivity index (χ4n) is 2.98. The van der Waals surface area contributed by atoms with Gasteiger partial charge in [0.25, 0.3) is 0 Å². The Hall–Kier alpha value is -1.63. The molecule has 2 aromatic rings. The zero-order chi connectivity index (χ0) is 16.4. The fourth-order valence-corrected chi connectivity index (χ4v) is 3.67. The Morgan fingerprint density at radius 3 is 2.70 bits per heavy atom. The van der Waals surface area contributed by atoms with Crippen LogP contribution >= 0.6 is 11.3 Å². The van der Waals surface area contributed by atoms with Crippen LogP contribution < -0.4 is 0 Å². The summed E-state index contributed by atoms with van der Waals surface area (Å²) in [5.41, 5.74) is 3.26. The summed E-state index contributed by atoms with van der Waals surface area (Å²) in [6.45, 7) is 7.93. The summed E-state index contributed by atoms with van der Waals surface area (Å²) in [6.07, 6.45) is -0.488. The molecule has 0 saturated carbocycles. The number of hydrogen-bond acceptors (Lipinski definition) is 5. The third kappa shape index (κ3) is 3.06. The highest BCUT2D eigenvalue weighted by atomic mass is 32.1. The fraction of sp³-hybridized carbons (Fsp3) is 0.471. The molecule has 1 aliphatic heterocycles. The van der Waals surface area contributed by atoms with Crippen molar-refractivity contribution in [1.82, 2.24) is 4.57 Å². The van der Waals surface area contributed by atoms with Gasteiger partial charge in [0.15, 0.2) is 6.29 Å². The first kappa shape index (κ1) is 16.2. The molecule has 1 fully saturated rings. The molecule has 0 spiro atoms. The molecule has 3 heterocycles. The SMILES string of the molecule is CCOC(=O)c1c(C2OCCO2)c(C)n(Cc2cccs2)c1C. The Kier molecular flexibility index (Phi) is 4.84. The molecular weight excluding hydrogens is 314 g/mol. The molecule has 6 heteroatoms. The molecule has 0 aliphatic carbocycles. The summed E-state index contributed by atoms with van der Waals surface area (Å²) in [5.74, 6) is -0.313. The lowest BCUT2D eigenvalue weighted by atomic mass is 10.1. The predicted octanol–water partition coefficient (Wildman–Crippen LogP) is 3.44. The predicted molar refractivity (Wildman–Crippen MR) is 87.9 cm³/mol. The van der Waals surface area contributed by atoms with Gasteiger partial charge in [-0.15, -0.1) is 11.3 Å².